The third kappa shape index (κ3) is 3.20. The smallest absolute Gasteiger partial charge is 0.250 e. The van der Waals surface area contributed by atoms with Crippen LogP contribution < -0.4 is 4.72 Å². The second-order valence-electron chi connectivity index (χ2n) is 4.21. The first kappa shape index (κ1) is 14.2. The number of aromatic nitrogens is 2. The molecule has 0 unspecified atom stereocenters. The van der Waals surface area contributed by atoms with Crippen LogP contribution in [-0.4, -0.2) is 24.7 Å². The predicted octanol–water partition coefficient (Wildman–Crippen LogP) is 2.18. The standard InChI is InChI=1S/C11H15N3O3S2/c1-4-7(2)14-19(15,16)10-5-9(6-18-10)11-13-12-8(3)17-11/h5-7,14H,4H2,1-3H3/t7-/m0/s1. The van der Waals surface area contributed by atoms with Gasteiger partial charge in [0.2, 0.25) is 21.8 Å². The highest BCUT2D eigenvalue weighted by atomic mass is 32.2. The van der Waals surface area contributed by atoms with Gasteiger partial charge in [-0.3, -0.25) is 0 Å². The third-order valence-corrected chi connectivity index (χ3v) is 5.61. The SMILES string of the molecule is CC[C@H](C)NS(=O)(=O)c1cc(-c2nnc(C)o2)cs1. The lowest BCUT2D eigenvalue weighted by Gasteiger charge is -2.10. The van der Waals surface area contributed by atoms with Crippen LogP contribution in [0.4, 0.5) is 0 Å². The summed E-state index contributed by atoms with van der Waals surface area (Å²) in [5, 5.41) is 9.27. The Hall–Kier alpha value is -1.25. The van der Waals surface area contributed by atoms with Crippen molar-refractivity contribution in [3.05, 3.63) is 17.3 Å². The van der Waals surface area contributed by atoms with Gasteiger partial charge in [0.1, 0.15) is 4.21 Å². The van der Waals surface area contributed by atoms with E-state index < -0.39 is 10.0 Å². The minimum Gasteiger partial charge on any atom is -0.421 e. The molecule has 0 saturated carbocycles. The van der Waals surface area contributed by atoms with E-state index in [0.717, 1.165) is 17.8 Å². The summed E-state index contributed by atoms with van der Waals surface area (Å²) in [7, 11) is -3.47. The molecule has 1 atom stereocenters. The zero-order chi connectivity index (χ0) is 14.0. The molecule has 2 rings (SSSR count). The topological polar surface area (TPSA) is 85.1 Å². The zero-order valence-electron chi connectivity index (χ0n) is 10.9. The Bertz CT molecular complexity index is 660. The Morgan fingerprint density at radius 1 is 1.47 bits per heavy atom. The van der Waals surface area contributed by atoms with Crippen molar-refractivity contribution < 1.29 is 12.8 Å². The lowest BCUT2D eigenvalue weighted by Crippen LogP contribution is -2.31. The minimum absolute atomic E-state index is 0.0961. The van der Waals surface area contributed by atoms with Crippen LogP contribution in [0.5, 0.6) is 0 Å². The van der Waals surface area contributed by atoms with E-state index in [1.807, 2.05) is 13.8 Å². The molecule has 2 heterocycles. The van der Waals surface area contributed by atoms with E-state index in [4.69, 9.17) is 4.42 Å². The highest BCUT2D eigenvalue weighted by Crippen LogP contribution is 2.27. The molecule has 0 bridgehead atoms. The van der Waals surface area contributed by atoms with Gasteiger partial charge in [0.15, 0.2) is 0 Å². The van der Waals surface area contributed by atoms with Gasteiger partial charge >= 0.3 is 0 Å². The lowest BCUT2D eigenvalue weighted by molar-refractivity contribution is 0.533. The van der Waals surface area contributed by atoms with Crippen LogP contribution in [0.2, 0.25) is 0 Å². The Morgan fingerprint density at radius 3 is 2.79 bits per heavy atom. The highest BCUT2D eigenvalue weighted by molar-refractivity contribution is 7.91. The summed E-state index contributed by atoms with van der Waals surface area (Å²) in [4.78, 5) is 0. The van der Waals surface area contributed by atoms with Crippen molar-refractivity contribution >= 4 is 21.4 Å². The predicted molar refractivity (Wildman–Crippen MR) is 72.4 cm³/mol. The van der Waals surface area contributed by atoms with Crippen molar-refractivity contribution in [3.63, 3.8) is 0 Å². The summed E-state index contributed by atoms with van der Waals surface area (Å²) < 4.78 is 32.3. The molecule has 2 aromatic heterocycles. The number of nitrogens with zero attached hydrogens (tertiary/aromatic N) is 2. The third-order valence-electron chi connectivity index (χ3n) is 2.58. The van der Waals surface area contributed by atoms with Crippen LogP contribution in [0, 0.1) is 6.92 Å². The summed E-state index contributed by atoms with van der Waals surface area (Å²) in [6, 6.07) is 1.45. The highest BCUT2D eigenvalue weighted by Gasteiger charge is 2.20. The number of nitrogens with one attached hydrogen (secondary N) is 1. The van der Waals surface area contributed by atoms with Crippen LogP contribution >= 0.6 is 11.3 Å². The number of rotatable bonds is 5. The van der Waals surface area contributed by atoms with Gasteiger partial charge in [-0.25, -0.2) is 13.1 Å². The molecular weight excluding hydrogens is 286 g/mol. The first-order valence-electron chi connectivity index (χ1n) is 5.83. The molecule has 0 spiro atoms. The van der Waals surface area contributed by atoms with Gasteiger partial charge in [0, 0.05) is 18.3 Å². The number of aryl methyl sites for hydroxylation is 1. The zero-order valence-corrected chi connectivity index (χ0v) is 12.5. The van der Waals surface area contributed by atoms with E-state index >= 15 is 0 Å². The second kappa shape index (κ2) is 5.40. The molecular formula is C11H15N3O3S2. The van der Waals surface area contributed by atoms with Gasteiger partial charge in [-0.15, -0.1) is 21.5 Å². The molecule has 0 aromatic carbocycles. The van der Waals surface area contributed by atoms with Crippen molar-refractivity contribution in [2.45, 2.75) is 37.4 Å². The molecule has 2 aromatic rings. The molecule has 0 saturated heterocycles. The fourth-order valence-corrected chi connectivity index (χ4v) is 3.89. The molecule has 0 aliphatic carbocycles. The first-order valence-corrected chi connectivity index (χ1v) is 8.20. The van der Waals surface area contributed by atoms with Gasteiger partial charge in [-0.2, -0.15) is 0 Å². The average Bonchev–Trinajstić information content (AvgIpc) is 2.96. The number of sulfonamides is 1. The van der Waals surface area contributed by atoms with Crippen molar-refractivity contribution in [3.8, 4) is 11.5 Å². The van der Waals surface area contributed by atoms with Crippen molar-refractivity contribution in [2.24, 2.45) is 0 Å². The van der Waals surface area contributed by atoms with Gasteiger partial charge in [0.25, 0.3) is 0 Å². The summed E-state index contributed by atoms with van der Waals surface area (Å²) in [5.74, 6) is 0.780. The summed E-state index contributed by atoms with van der Waals surface area (Å²) in [6.07, 6.45) is 0.736. The summed E-state index contributed by atoms with van der Waals surface area (Å²) in [5.41, 5.74) is 0.620. The van der Waals surface area contributed by atoms with Crippen molar-refractivity contribution in [2.75, 3.05) is 0 Å². The quantitative estimate of drug-likeness (QED) is 0.915. The van der Waals surface area contributed by atoms with Crippen molar-refractivity contribution in [1.82, 2.24) is 14.9 Å². The number of thiophene rings is 1. The van der Waals surface area contributed by atoms with Crippen LogP contribution in [-0.2, 0) is 10.0 Å². The van der Waals surface area contributed by atoms with Gasteiger partial charge in [0.05, 0.1) is 5.56 Å². The Labute approximate surface area is 115 Å². The first-order chi connectivity index (χ1) is 8.92. The van der Waals surface area contributed by atoms with E-state index in [1.165, 1.54) is 0 Å². The average molecular weight is 301 g/mol. The van der Waals surface area contributed by atoms with Crippen molar-refractivity contribution in [1.29, 1.82) is 0 Å². The number of hydrogen-bond acceptors (Lipinski definition) is 6. The van der Waals surface area contributed by atoms with Crippen LogP contribution in [0.15, 0.2) is 20.1 Å². The molecule has 0 fully saturated rings. The van der Waals surface area contributed by atoms with Gasteiger partial charge in [-0.1, -0.05) is 6.92 Å². The van der Waals surface area contributed by atoms with E-state index in [9.17, 15) is 8.42 Å². The Kier molecular flexibility index (Phi) is 4.02. The van der Waals surface area contributed by atoms with Gasteiger partial charge in [-0.05, 0) is 19.4 Å². The molecule has 0 aliphatic heterocycles. The molecule has 104 valence electrons. The summed E-state index contributed by atoms with van der Waals surface area (Å²) in [6.45, 7) is 5.44. The minimum atomic E-state index is -3.47. The Balaban J connectivity index is 2.26. The van der Waals surface area contributed by atoms with Crippen LogP contribution in [0.1, 0.15) is 26.2 Å². The molecule has 0 radical (unpaired) electrons. The largest absolute Gasteiger partial charge is 0.421 e. The fourth-order valence-electron chi connectivity index (χ4n) is 1.39. The second-order valence-corrected chi connectivity index (χ2v) is 7.06. The maximum atomic E-state index is 12.1. The molecule has 0 aliphatic rings. The van der Waals surface area contributed by atoms with Crippen LogP contribution in [0.25, 0.3) is 11.5 Å². The molecule has 19 heavy (non-hydrogen) atoms. The molecule has 6 nitrogen and oxygen atoms in total. The van der Waals surface area contributed by atoms with Gasteiger partial charge < -0.3 is 4.42 Å². The van der Waals surface area contributed by atoms with E-state index in [1.54, 1.807) is 18.4 Å². The monoisotopic (exact) mass is 301 g/mol. The maximum absolute atomic E-state index is 12.1. The normalized spacial score (nSPS) is 13.6. The van der Waals surface area contributed by atoms with E-state index in [0.29, 0.717) is 17.3 Å². The van der Waals surface area contributed by atoms with Crippen LogP contribution in [0.3, 0.4) is 0 Å². The fraction of sp³-hybridized carbons (Fsp3) is 0.455. The molecule has 0 amide bonds. The maximum Gasteiger partial charge on any atom is 0.250 e. The molecule has 1 N–H and O–H groups in total. The summed E-state index contributed by atoms with van der Waals surface area (Å²) >= 11 is 1.13. The van der Waals surface area contributed by atoms with E-state index in [2.05, 4.69) is 14.9 Å². The Morgan fingerprint density at radius 2 is 2.21 bits per heavy atom. The lowest BCUT2D eigenvalue weighted by atomic mass is 10.3. The number of hydrogen-bond donors (Lipinski definition) is 1. The van der Waals surface area contributed by atoms with E-state index in [-0.39, 0.29) is 10.3 Å². The molecule has 8 heteroatoms.